The van der Waals surface area contributed by atoms with Crippen LogP contribution < -0.4 is 4.90 Å². The second-order valence-electron chi connectivity index (χ2n) is 9.87. The average molecular weight is 521 g/mol. The van der Waals surface area contributed by atoms with Gasteiger partial charge < -0.3 is 9.80 Å². The van der Waals surface area contributed by atoms with Crippen LogP contribution in [0.3, 0.4) is 0 Å². The van der Waals surface area contributed by atoms with E-state index in [1.54, 1.807) is 23.1 Å². The predicted octanol–water partition coefficient (Wildman–Crippen LogP) is 5.21. The molecular formula is C31H29FN6O. The number of amides is 1. The number of para-hydroxylation sites is 1. The summed E-state index contributed by atoms with van der Waals surface area (Å²) in [5.41, 5.74) is 4.12. The van der Waals surface area contributed by atoms with Crippen LogP contribution in [-0.2, 0) is 6.42 Å². The van der Waals surface area contributed by atoms with Crippen LogP contribution in [0.5, 0.6) is 0 Å². The molecule has 2 aromatic heterocycles. The van der Waals surface area contributed by atoms with Crippen LogP contribution in [0.1, 0.15) is 33.7 Å². The van der Waals surface area contributed by atoms with E-state index in [0.717, 1.165) is 34.5 Å². The lowest BCUT2D eigenvalue weighted by molar-refractivity contribution is 0.0762. The summed E-state index contributed by atoms with van der Waals surface area (Å²) in [7, 11) is 0. The summed E-state index contributed by atoms with van der Waals surface area (Å²) in [5.74, 6) is 0.752. The summed E-state index contributed by atoms with van der Waals surface area (Å²) >= 11 is 0. The van der Waals surface area contributed by atoms with Gasteiger partial charge in [0.1, 0.15) is 17.5 Å². The van der Waals surface area contributed by atoms with Gasteiger partial charge in [-0.05, 0) is 43.2 Å². The zero-order valence-corrected chi connectivity index (χ0v) is 21.8. The van der Waals surface area contributed by atoms with Gasteiger partial charge in [0.05, 0.1) is 22.8 Å². The second kappa shape index (κ2) is 10.6. The smallest absolute Gasteiger partial charge is 0.256 e. The van der Waals surface area contributed by atoms with Crippen molar-refractivity contribution in [2.45, 2.75) is 19.8 Å². The summed E-state index contributed by atoms with van der Waals surface area (Å²) in [6.07, 6.45) is 3.15. The van der Waals surface area contributed by atoms with Crippen molar-refractivity contribution >= 4 is 22.8 Å². The summed E-state index contributed by atoms with van der Waals surface area (Å²) in [4.78, 5) is 27.0. The molecule has 1 amide bonds. The first kappa shape index (κ1) is 24.7. The minimum absolute atomic E-state index is 0.111. The maximum absolute atomic E-state index is 14.3. The van der Waals surface area contributed by atoms with E-state index in [1.807, 2.05) is 41.2 Å². The average Bonchev–Trinajstić information content (AvgIpc) is 3.23. The second-order valence-corrected chi connectivity index (χ2v) is 9.87. The molecule has 3 aromatic carbocycles. The molecular weight excluding hydrogens is 491 g/mol. The fourth-order valence-corrected chi connectivity index (χ4v) is 5.04. The molecule has 0 aliphatic carbocycles. The molecule has 8 heteroatoms. The number of fused-ring (bicyclic) bond motifs is 1. The van der Waals surface area contributed by atoms with Crippen molar-refractivity contribution in [1.82, 2.24) is 24.6 Å². The van der Waals surface area contributed by atoms with Gasteiger partial charge in [0, 0.05) is 32.6 Å². The highest BCUT2D eigenvalue weighted by atomic mass is 19.1. The van der Waals surface area contributed by atoms with Crippen LogP contribution in [-0.4, -0.2) is 56.7 Å². The Balaban J connectivity index is 1.35. The third kappa shape index (κ3) is 5.10. The zero-order chi connectivity index (χ0) is 26.8. The van der Waals surface area contributed by atoms with E-state index in [1.165, 1.54) is 11.6 Å². The summed E-state index contributed by atoms with van der Waals surface area (Å²) < 4.78 is 16.2. The fraction of sp³-hybridized carbons (Fsp3) is 0.226. The van der Waals surface area contributed by atoms with Crippen LogP contribution in [0.25, 0.3) is 16.7 Å². The predicted molar refractivity (Wildman–Crippen MR) is 150 cm³/mol. The van der Waals surface area contributed by atoms with Gasteiger partial charge in [0.25, 0.3) is 5.91 Å². The maximum atomic E-state index is 14.3. The van der Waals surface area contributed by atoms with E-state index in [-0.39, 0.29) is 11.5 Å². The molecule has 0 bridgehead atoms. The number of carbonyl (C=O) groups is 1. The molecule has 39 heavy (non-hydrogen) atoms. The Hall–Kier alpha value is -4.59. The van der Waals surface area contributed by atoms with Gasteiger partial charge in [-0.25, -0.2) is 19.0 Å². The number of halogens is 1. The van der Waals surface area contributed by atoms with Gasteiger partial charge in [-0.1, -0.05) is 60.2 Å². The monoisotopic (exact) mass is 520 g/mol. The van der Waals surface area contributed by atoms with E-state index in [2.05, 4.69) is 41.2 Å². The lowest BCUT2D eigenvalue weighted by Gasteiger charge is -2.24. The highest BCUT2D eigenvalue weighted by Crippen LogP contribution is 2.28. The molecule has 1 aliphatic heterocycles. The van der Waals surface area contributed by atoms with Crippen molar-refractivity contribution in [2.75, 3.05) is 31.1 Å². The number of benzene rings is 3. The van der Waals surface area contributed by atoms with Gasteiger partial charge in [-0.3, -0.25) is 4.79 Å². The Labute approximate surface area is 226 Å². The third-order valence-corrected chi connectivity index (χ3v) is 7.13. The molecule has 7 nitrogen and oxygen atoms in total. The van der Waals surface area contributed by atoms with E-state index in [9.17, 15) is 9.18 Å². The van der Waals surface area contributed by atoms with Crippen molar-refractivity contribution < 1.29 is 9.18 Å². The summed E-state index contributed by atoms with van der Waals surface area (Å²) in [6.45, 7) is 4.39. The first-order chi connectivity index (χ1) is 19.1. The van der Waals surface area contributed by atoms with Crippen molar-refractivity contribution in [3.8, 4) is 5.69 Å². The lowest BCUT2D eigenvalue weighted by Crippen LogP contribution is -2.36. The Bertz CT molecular complexity index is 1620. The van der Waals surface area contributed by atoms with Crippen molar-refractivity contribution in [3.05, 3.63) is 113 Å². The van der Waals surface area contributed by atoms with E-state index < -0.39 is 5.82 Å². The molecule has 0 saturated carbocycles. The van der Waals surface area contributed by atoms with Crippen LogP contribution in [0.4, 0.5) is 10.2 Å². The van der Waals surface area contributed by atoms with Gasteiger partial charge in [-0.2, -0.15) is 5.10 Å². The van der Waals surface area contributed by atoms with Crippen LogP contribution in [0.2, 0.25) is 0 Å². The van der Waals surface area contributed by atoms with Crippen LogP contribution >= 0.6 is 0 Å². The molecule has 1 saturated heterocycles. The minimum Gasteiger partial charge on any atom is -0.354 e. The van der Waals surface area contributed by atoms with Crippen molar-refractivity contribution in [1.29, 1.82) is 0 Å². The number of aromatic nitrogens is 4. The number of hydrogen-bond donors (Lipinski definition) is 0. The number of anilines is 1. The highest BCUT2D eigenvalue weighted by molar-refractivity contribution is 5.94. The Morgan fingerprint density at radius 2 is 1.64 bits per heavy atom. The maximum Gasteiger partial charge on any atom is 0.256 e. The van der Waals surface area contributed by atoms with Crippen molar-refractivity contribution in [2.24, 2.45) is 0 Å². The van der Waals surface area contributed by atoms with Crippen LogP contribution in [0.15, 0.2) is 85.1 Å². The van der Waals surface area contributed by atoms with E-state index in [0.29, 0.717) is 38.4 Å². The molecule has 0 atom stereocenters. The van der Waals surface area contributed by atoms with Crippen LogP contribution in [0, 0.1) is 12.7 Å². The SMILES string of the molecule is Cc1ccc(Cc2nc(N3CCCN(C(=O)c4ccccc4F)CC3)c3cnn(-c4ccccc4)c3n2)cc1. The number of aryl methyl sites for hydroxylation is 1. The fourth-order valence-electron chi connectivity index (χ4n) is 5.04. The first-order valence-electron chi connectivity index (χ1n) is 13.2. The van der Waals surface area contributed by atoms with Gasteiger partial charge in [0.15, 0.2) is 5.65 Å². The Morgan fingerprint density at radius 1 is 0.872 bits per heavy atom. The first-order valence-corrected chi connectivity index (χ1v) is 13.2. The highest BCUT2D eigenvalue weighted by Gasteiger charge is 2.25. The number of hydrogen-bond acceptors (Lipinski definition) is 5. The zero-order valence-electron chi connectivity index (χ0n) is 21.8. The third-order valence-electron chi connectivity index (χ3n) is 7.13. The molecule has 0 unspecified atom stereocenters. The number of rotatable bonds is 5. The largest absolute Gasteiger partial charge is 0.354 e. The Kier molecular flexibility index (Phi) is 6.75. The molecule has 6 rings (SSSR count). The summed E-state index contributed by atoms with van der Waals surface area (Å²) in [6, 6.07) is 24.5. The normalized spacial score (nSPS) is 14.0. The molecule has 0 N–H and O–H groups in total. The molecule has 1 aliphatic rings. The summed E-state index contributed by atoms with van der Waals surface area (Å²) in [5, 5.41) is 5.54. The minimum atomic E-state index is -0.491. The van der Waals surface area contributed by atoms with E-state index >= 15 is 0 Å². The van der Waals surface area contributed by atoms with E-state index in [4.69, 9.17) is 9.97 Å². The van der Waals surface area contributed by atoms with Crippen molar-refractivity contribution in [3.63, 3.8) is 0 Å². The number of nitrogens with zero attached hydrogens (tertiary/aromatic N) is 6. The molecule has 3 heterocycles. The topological polar surface area (TPSA) is 67.2 Å². The molecule has 0 spiro atoms. The van der Waals surface area contributed by atoms with Gasteiger partial charge >= 0.3 is 0 Å². The Morgan fingerprint density at radius 3 is 2.44 bits per heavy atom. The molecule has 1 fully saturated rings. The molecule has 0 radical (unpaired) electrons. The van der Waals surface area contributed by atoms with Gasteiger partial charge in [0.2, 0.25) is 0 Å². The van der Waals surface area contributed by atoms with Gasteiger partial charge in [-0.15, -0.1) is 0 Å². The lowest BCUT2D eigenvalue weighted by atomic mass is 10.1. The quantitative estimate of drug-likeness (QED) is 0.318. The standard InChI is InChI=1S/C31H29FN6O/c1-22-12-14-23(15-13-22)20-28-34-29(26-21-33-38(30(26)35-28)24-8-3-2-4-9-24)36-16-7-17-37(19-18-36)31(39)25-10-5-6-11-27(25)32/h2-6,8-15,21H,7,16-20H2,1H3. The number of carbonyl (C=O) groups excluding carboxylic acids is 1. The molecule has 5 aromatic rings. The molecule has 196 valence electrons.